The van der Waals surface area contributed by atoms with Gasteiger partial charge >= 0.3 is 5.97 Å². The lowest BCUT2D eigenvalue weighted by Crippen LogP contribution is -2.18. The number of carboxylic acids is 1. The molecule has 1 aliphatic carbocycles. The van der Waals surface area contributed by atoms with Crippen molar-refractivity contribution >= 4 is 22.6 Å². The van der Waals surface area contributed by atoms with Crippen molar-refractivity contribution in [2.45, 2.75) is 6.54 Å². The van der Waals surface area contributed by atoms with Crippen LogP contribution in [0.25, 0.3) is 22.2 Å². The highest BCUT2D eigenvalue weighted by Crippen LogP contribution is 2.26. The van der Waals surface area contributed by atoms with Crippen LogP contribution in [0.4, 0.5) is 5.69 Å². The number of hydrogen-bond donors (Lipinski definition) is 2. The molecule has 0 bridgehead atoms. The number of rotatable bonds is 2. The minimum Gasteiger partial charge on any atom is -0.480 e. The summed E-state index contributed by atoms with van der Waals surface area (Å²) >= 11 is 0. The molecule has 0 atom stereocenters. The van der Waals surface area contributed by atoms with E-state index < -0.39 is 5.97 Å². The molecule has 0 spiro atoms. The fourth-order valence-corrected chi connectivity index (χ4v) is 2.43. The third-order valence-electron chi connectivity index (χ3n) is 3.32. The van der Waals surface area contributed by atoms with E-state index in [2.05, 4.69) is 0 Å². The third kappa shape index (κ3) is 1.80. The zero-order valence-electron chi connectivity index (χ0n) is 10.5. The maximum absolute atomic E-state index is 12.1. The molecule has 1 heterocycles. The predicted octanol–water partition coefficient (Wildman–Crippen LogP) is 1.77. The van der Waals surface area contributed by atoms with E-state index in [1.54, 1.807) is 16.7 Å². The quantitative estimate of drug-likeness (QED) is 0.548. The topological polar surface area (TPSA) is 85.3 Å². The predicted molar refractivity (Wildman–Crippen MR) is 76.9 cm³/mol. The Kier molecular flexibility index (Phi) is 2.68. The number of benzene rings is 2. The summed E-state index contributed by atoms with van der Waals surface area (Å²) in [4.78, 5) is 23.2. The molecule has 100 valence electrons. The molecule has 1 aromatic rings. The summed E-state index contributed by atoms with van der Waals surface area (Å²) in [5.41, 5.74) is 7.31. The van der Waals surface area contributed by atoms with Crippen LogP contribution < -0.4 is 11.2 Å². The van der Waals surface area contributed by atoms with Crippen LogP contribution in [0.2, 0.25) is 0 Å². The van der Waals surface area contributed by atoms with Crippen LogP contribution in [-0.2, 0) is 11.3 Å². The van der Waals surface area contributed by atoms with Crippen molar-refractivity contribution in [1.29, 1.82) is 0 Å². The number of nitrogen functional groups attached to an aromatic ring is 1. The average molecular weight is 268 g/mol. The maximum atomic E-state index is 12.1. The average Bonchev–Trinajstić information content (AvgIpc) is 2.43. The number of carboxylic acid groups (broad SMARTS) is 1. The second-order valence-corrected chi connectivity index (χ2v) is 4.60. The normalized spacial score (nSPS) is 11.0. The second kappa shape index (κ2) is 4.38. The lowest BCUT2D eigenvalue weighted by Gasteiger charge is -2.17. The van der Waals surface area contributed by atoms with E-state index in [1.807, 2.05) is 24.3 Å². The van der Waals surface area contributed by atoms with Crippen molar-refractivity contribution in [2.24, 2.45) is 0 Å². The number of aromatic nitrogens is 1. The number of fused-ring (bicyclic) bond motifs is 2. The van der Waals surface area contributed by atoms with Gasteiger partial charge in [-0.2, -0.15) is 0 Å². The Bertz CT molecular complexity index is 852. The van der Waals surface area contributed by atoms with Gasteiger partial charge in [-0.15, -0.1) is 0 Å². The smallest absolute Gasteiger partial charge is 0.323 e. The number of nitrogens with two attached hydrogens (primary N) is 1. The van der Waals surface area contributed by atoms with E-state index in [-0.39, 0.29) is 17.7 Å². The van der Waals surface area contributed by atoms with Crippen LogP contribution in [0.1, 0.15) is 0 Å². The number of anilines is 1. The second-order valence-electron chi connectivity index (χ2n) is 4.60. The van der Waals surface area contributed by atoms with E-state index in [1.165, 1.54) is 6.07 Å². The van der Waals surface area contributed by atoms with E-state index in [4.69, 9.17) is 10.8 Å². The molecule has 20 heavy (non-hydrogen) atoms. The van der Waals surface area contributed by atoms with Gasteiger partial charge in [-0.05, 0) is 29.7 Å². The van der Waals surface area contributed by atoms with Crippen molar-refractivity contribution in [1.82, 2.24) is 4.57 Å². The zero-order valence-corrected chi connectivity index (χ0v) is 10.5. The highest BCUT2D eigenvalue weighted by Gasteiger charge is 2.16. The van der Waals surface area contributed by atoms with Gasteiger partial charge in [-0.3, -0.25) is 9.59 Å². The molecule has 2 aliphatic rings. The van der Waals surface area contributed by atoms with Crippen LogP contribution in [0, 0.1) is 0 Å². The zero-order chi connectivity index (χ0) is 14.3. The van der Waals surface area contributed by atoms with Crippen LogP contribution in [0.5, 0.6) is 0 Å². The Morgan fingerprint density at radius 3 is 2.70 bits per heavy atom. The van der Waals surface area contributed by atoms with Crippen LogP contribution in [0.3, 0.4) is 0 Å². The molecule has 0 radical (unpaired) electrons. The lowest BCUT2D eigenvalue weighted by atomic mass is 10.0. The summed E-state index contributed by atoms with van der Waals surface area (Å²) in [5, 5.41) is 9.90. The van der Waals surface area contributed by atoms with Gasteiger partial charge in [-0.1, -0.05) is 18.2 Å². The molecule has 0 aromatic heterocycles. The van der Waals surface area contributed by atoms with Gasteiger partial charge in [0, 0.05) is 11.1 Å². The standard InChI is InChI=1S/C15H12N2O3/c16-11-5-6-13-10(15(11)20)7-9-3-1-2-4-12(9)17(13)8-14(18)19/h1-7H,8,16H2,(H,18,19). The fraction of sp³-hybridized carbons (Fsp3) is 0.0667. The van der Waals surface area contributed by atoms with Crippen LogP contribution in [-0.4, -0.2) is 15.6 Å². The van der Waals surface area contributed by atoms with Crippen molar-refractivity contribution in [2.75, 3.05) is 5.73 Å². The summed E-state index contributed by atoms with van der Waals surface area (Å²) in [6.07, 6.45) is 0. The lowest BCUT2D eigenvalue weighted by molar-refractivity contribution is -0.137. The highest BCUT2D eigenvalue weighted by molar-refractivity contribution is 5.88. The molecule has 1 aromatic carbocycles. The minimum absolute atomic E-state index is 0.162. The Hall–Kier alpha value is -2.82. The summed E-state index contributed by atoms with van der Waals surface area (Å²) in [7, 11) is 0. The Morgan fingerprint density at radius 1 is 1.20 bits per heavy atom. The summed E-state index contributed by atoms with van der Waals surface area (Å²) < 4.78 is 1.62. The molecule has 5 nitrogen and oxygen atoms in total. The van der Waals surface area contributed by atoms with E-state index >= 15 is 0 Å². The van der Waals surface area contributed by atoms with Crippen molar-refractivity contribution in [3.8, 4) is 11.3 Å². The molecular formula is C15H12N2O3. The molecule has 5 heteroatoms. The molecular weight excluding hydrogens is 256 g/mol. The molecule has 1 aliphatic heterocycles. The maximum Gasteiger partial charge on any atom is 0.323 e. The van der Waals surface area contributed by atoms with Gasteiger partial charge in [0.1, 0.15) is 6.54 Å². The first-order valence-electron chi connectivity index (χ1n) is 6.10. The molecule has 0 saturated heterocycles. The van der Waals surface area contributed by atoms with Crippen LogP contribution >= 0.6 is 0 Å². The Balaban J connectivity index is 2.49. The van der Waals surface area contributed by atoms with Crippen molar-refractivity contribution in [3.63, 3.8) is 0 Å². The Morgan fingerprint density at radius 2 is 1.95 bits per heavy atom. The number of pyridine rings is 1. The first kappa shape index (κ1) is 12.2. The van der Waals surface area contributed by atoms with Crippen LogP contribution in [0.15, 0.2) is 47.3 Å². The minimum atomic E-state index is -0.961. The molecule has 0 fully saturated rings. The number of para-hydroxylation sites is 1. The first-order valence-corrected chi connectivity index (χ1v) is 6.10. The molecule has 0 saturated carbocycles. The van der Waals surface area contributed by atoms with Gasteiger partial charge in [-0.25, -0.2) is 0 Å². The molecule has 3 rings (SSSR count). The summed E-state index contributed by atoms with van der Waals surface area (Å²) in [5.74, 6) is -0.961. The number of nitrogens with zero attached hydrogens (tertiary/aromatic N) is 1. The largest absolute Gasteiger partial charge is 0.480 e. The molecule has 3 N–H and O–H groups in total. The van der Waals surface area contributed by atoms with Crippen molar-refractivity contribution < 1.29 is 9.90 Å². The van der Waals surface area contributed by atoms with Gasteiger partial charge < -0.3 is 15.4 Å². The van der Waals surface area contributed by atoms with Gasteiger partial charge in [0.25, 0.3) is 0 Å². The molecule has 0 amide bonds. The fourth-order valence-electron chi connectivity index (χ4n) is 2.43. The van der Waals surface area contributed by atoms with E-state index in [9.17, 15) is 9.59 Å². The highest BCUT2D eigenvalue weighted by atomic mass is 16.4. The van der Waals surface area contributed by atoms with Gasteiger partial charge in [0.15, 0.2) is 0 Å². The SMILES string of the molecule is Nc1ccc2n(CC(=O)O)c3ccccc3cc-2c1=O. The third-order valence-corrected chi connectivity index (χ3v) is 3.32. The first-order chi connectivity index (χ1) is 9.58. The van der Waals surface area contributed by atoms with Gasteiger partial charge in [0.2, 0.25) is 5.43 Å². The monoisotopic (exact) mass is 268 g/mol. The number of hydrogen-bond acceptors (Lipinski definition) is 3. The Labute approximate surface area is 114 Å². The van der Waals surface area contributed by atoms with Gasteiger partial charge in [0.05, 0.1) is 11.4 Å². The van der Waals surface area contributed by atoms with E-state index in [0.717, 1.165) is 10.9 Å². The number of carbonyl (C=O) groups is 1. The van der Waals surface area contributed by atoms with E-state index in [0.29, 0.717) is 11.3 Å². The van der Waals surface area contributed by atoms with Crippen molar-refractivity contribution in [3.05, 3.63) is 52.7 Å². The summed E-state index contributed by atoms with van der Waals surface area (Å²) in [6, 6.07) is 12.3. The number of aliphatic carboxylic acids is 1. The summed E-state index contributed by atoms with van der Waals surface area (Å²) in [6.45, 7) is -0.207. The molecule has 0 unspecified atom stereocenters.